The van der Waals surface area contributed by atoms with Crippen LogP contribution in [0.5, 0.6) is 5.75 Å². The van der Waals surface area contributed by atoms with E-state index in [2.05, 4.69) is 0 Å². The second-order valence-electron chi connectivity index (χ2n) is 6.45. The number of carbonyl (C=O) groups is 1. The van der Waals surface area contributed by atoms with Gasteiger partial charge < -0.3 is 9.64 Å². The molecule has 1 aliphatic rings. The number of piperazine rings is 1. The molecule has 0 spiro atoms. The highest BCUT2D eigenvalue weighted by Gasteiger charge is 2.29. The fourth-order valence-corrected chi connectivity index (χ4v) is 4.55. The van der Waals surface area contributed by atoms with Gasteiger partial charge in [-0.1, -0.05) is 30.3 Å². The Labute approximate surface area is 160 Å². The first-order chi connectivity index (χ1) is 13.0. The van der Waals surface area contributed by atoms with Gasteiger partial charge in [0.05, 0.1) is 12.0 Å². The standard InChI is InChI=1S/C20H24N2O4S/c1-26-18-8-10-19(11-9-18)27(24,25)22-15-13-21(14-16-22)20(23)12-7-17-5-3-2-4-6-17/h2-6,8-11H,7,12-16H2,1H3. The van der Waals surface area contributed by atoms with Crippen molar-refractivity contribution in [2.75, 3.05) is 33.3 Å². The zero-order valence-corrected chi connectivity index (χ0v) is 16.2. The number of hydrogen-bond donors (Lipinski definition) is 0. The number of hydrogen-bond acceptors (Lipinski definition) is 4. The van der Waals surface area contributed by atoms with E-state index in [1.165, 1.54) is 11.4 Å². The molecule has 0 bridgehead atoms. The van der Waals surface area contributed by atoms with Gasteiger partial charge in [0, 0.05) is 32.6 Å². The summed E-state index contributed by atoms with van der Waals surface area (Å²) in [5.41, 5.74) is 1.13. The molecule has 0 unspecified atom stereocenters. The topological polar surface area (TPSA) is 66.9 Å². The lowest BCUT2D eigenvalue weighted by Crippen LogP contribution is -2.50. The van der Waals surface area contributed by atoms with Crippen LogP contribution in [0, 0.1) is 0 Å². The molecule has 7 heteroatoms. The number of sulfonamides is 1. The Kier molecular flexibility index (Phi) is 6.13. The molecule has 1 aliphatic heterocycles. The van der Waals surface area contributed by atoms with Crippen LogP contribution in [0.15, 0.2) is 59.5 Å². The fourth-order valence-electron chi connectivity index (χ4n) is 3.13. The maximum absolute atomic E-state index is 12.8. The van der Waals surface area contributed by atoms with Gasteiger partial charge in [-0.15, -0.1) is 0 Å². The molecule has 0 radical (unpaired) electrons. The van der Waals surface area contributed by atoms with E-state index < -0.39 is 10.0 Å². The van der Waals surface area contributed by atoms with Crippen molar-refractivity contribution in [3.8, 4) is 5.75 Å². The number of carbonyl (C=O) groups excluding carboxylic acids is 1. The van der Waals surface area contributed by atoms with Crippen LogP contribution in [0.1, 0.15) is 12.0 Å². The van der Waals surface area contributed by atoms with Crippen molar-refractivity contribution < 1.29 is 17.9 Å². The second-order valence-corrected chi connectivity index (χ2v) is 8.38. The zero-order valence-electron chi connectivity index (χ0n) is 15.4. The van der Waals surface area contributed by atoms with Crippen LogP contribution in [0.4, 0.5) is 0 Å². The molecule has 2 aromatic rings. The lowest BCUT2D eigenvalue weighted by atomic mass is 10.1. The van der Waals surface area contributed by atoms with E-state index in [1.807, 2.05) is 30.3 Å². The summed E-state index contributed by atoms with van der Waals surface area (Å²) in [6, 6.07) is 16.3. The molecule has 1 fully saturated rings. The van der Waals surface area contributed by atoms with E-state index in [0.717, 1.165) is 5.56 Å². The number of ether oxygens (including phenoxy) is 1. The summed E-state index contributed by atoms with van der Waals surface area (Å²) in [6.45, 7) is 1.46. The number of rotatable bonds is 6. The highest BCUT2D eigenvalue weighted by Crippen LogP contribution is 2.21. The Bertz CT molecular complexity index is 859. The summed E-state index contributed by atoms with van der Waals surface area (Å²) in [4.78, 5) is 14.4. The van der Waals surface area contributed by atoms with Crippen LogP contribution in [0.25, 0.3) is 0 Å². The number of aryl methyl sites for hydroxylation is 1. The maximum Gasteiger partial charge on any atom is 0.243 e. The number of benzene rings is 2. The molecule has 27 heavy (non-hydrogen) atoms. The molecule has 0 saturated carbocycles. The largest absolute Gasteiger partial charge is 0.497 e. The predicted octanol–water partition coefficient (Wildman–Crippen LogP) is 2.16. The average molecular weight is 388 g/mol. The van der Waals surface area contributed by atoms with Gasteiger partial charge in [-0.05, 0) is 36.2 Å². The van der Waals surface area contributed by atoms with Gasteiger partial charge in [0.25, 0.3) is 0 Å². The molecule has 0 aliphatic carbocycles. The van der Waals surface area contributed by atoms with E-state index in [9.17, 15) is 13.2 Å². The lowest BCUT2D eigenvalue weighted by molar-refractivity contribution is -0.132. The SMILES string of the molecule is COc1ccc(S(=O)(=O)N2CCN(C(=O)CCc3ccccc3)CC2)cc1. The van der Waals surface area contributed by atoms with Crippen LogP contribution < -0.4 is 4.74 Å². The molecule has 3 rings (SSSR count). The predicted molar refractivity (Wildman–Crippen MR) is 103 cm³/mol. The minimum atomic E-state index is -3.55. The van der Waals surface area contributed by atoms with Crippen molar-refractivity contribution in [1.82, 2.24) is 9.21 Å². The Balaban J connectivity index is 1.55. The Morgan fingerprint density at radius 1 is 0.963 bits per heavy atom. The summed E-state index contributed by atoms with van der Waals surface area (Å²) in [5, 5.41) is 0. The molecule has 0 atom stereocenters. The van der Waals surface area contributed by atoms with Gasteiger partial charge in [-0.25, -0.2) is 8.42 Å². The molecule has 2 aromatic carbocycles. The lowest BCUT2D eigenvalue weighted by Gasteiger charge is -2.34. The quantitative estimate of drug-likeness (QED) is 0.761. The molecule has 1 saturated heterocycles. The van der Waals surface area contributed by atoms with E-state index >= 15 is 0 Å². The van der Waals surface area contributed by atoms with E-state index in [1.54, 1.807) is 29.2 Å². The van der Waals surface area contributed by atoms with Crippen LogP contribution in [0.3, 0.4) is 0 Å². The smallest absolute Gasteiger partial charge is 0.243 e. The van der Waals surface area contributed by atoms with Crippen molar-refractivity contribution in [3.63, 3.8) is 0 Å². The van der Waals surface area contributed by atoms with Gasteiger partial charge in [0.2, 0.25) is 15.9 Å². The zero-order chi connectivity index (χ0) is 19.3. The number of amides is 1. The summed E-state index contributed by atoms with van der Waals surface area (Å²) in [6.07, 6.45) is 1.14. The van der Waals surface area contributed by atoms with E-state index in [4.69, 9.17) is 4.74 Å². The third kappa shape index (κ3) is 4.67. The van der Waals surface area contributed by atoms with Crippen LogP contribution in [-0.2, 0) is 21.2 Å². The van der Waals surface area contributed by atoms with E-state index in [0.29, 0.717) is 44.8 Å². The number of methoxy groups -OCH3 is 1. The highest BCUT2D eigenvalue weighted by molar-refractivity contribution is 7.89. The Hall–Kier alpha value is -2.38. The fraction of sp³-hybridized carbons (Fsp3) is 0.350. The van der Waals surface area contributed by atoms with Crippen molar-refractivity contribution >= 4 is 15.9 Å². The molecule has 1 amide bonds. The second kappa shape index (κ2) is 8.54. The van der Waals surface area contributed by atoms with Crippen molar-refractivity contribution in [1.29, 1.82) is 0 Å². The average Bonchev–Trinajstić information content (AvgIpc) is 2.73. The summed E-state index contributed by atoms with van der Waals surface area (Å²) < 4.78 is 32.0. The first-order valence-electron chi connectivity index (χ1n) is 8.96. The third-order valence-electron chi connectivity index (χ3n) is 4.76. The van der Waals surface area contributed by atoms with Crippen molar-refractivity contribution in [2.45, 2.75) is 17.7 Å². The molecule has 144 valence electrons. The van der Waals surface area contributed by atoms with Crippen molar-refractivity contribution in [3.05, 3.63) is 60.2 Å². The van der Waals surface area contributed by atoms with Gasteiger partial charge in [0.1, 0.15) is 5.75 Å². The Morgan fingerprint density at radius 2 is 1.59 bits per heavy atom. The minimum Gasteiger partial charge on any atom is -0.497 e. The number of nitrogens with zero attached hydrogens (tertiary/aromatic N) is 2. The van der Waals surface area contributed by atoms with Crippen LogP contribution in [-0.4, -0.2) is 56.8 Å². The molecular weight excluding hydrogens is 364 g/mol. The van der Waals surface area contributed by atoms with Crippen LogP contribution >= 0.6 is 0 Å². The molecule has 6 nitrogen and oxygen atoms in total. The molecule has 0 aromatic heterocycles. The molecule has 1 heterocycles. The summed E-state index contributed by atoms with van der Waals surface area (Å²) >= 11 is 0. The molecular formula is C20H24N2O4S. The van der Waals surface area contributed by atoms with Gasteiger partial charge in [-0.2, -0.15) is 4.31 Å². The Morgan fingerprint density at radius 3 is 2.19 bits per heavy atom. The summed E-state index contributed by atoms with van der Waals surface area (Å²) in [5.74, 6) is 0.683. The first-order valence-corrected chi connectivity index (χ1v) is 10.4. The van der Waals surface area contributed by atoms with Crippen LogP contribution in [0.2, 0.25) is 0 Å². The maximum atomic E-state index is 12.8. The van der Waals surface area contributed by atoms with Crippen molar-refractivity contribution in [2.24, 2.45) is 0 Å². The monoisotopic (exact) mass is 388 g/mol. The summed E-state index contributed by atoms with van der Waals surface area (Å²) in [7, 11) is -2.01. The highest BCUT2D eigenvalue weighted by atomic mass is 32.2. The first kappa shape index (κ1) is 19.4. The molecule has 0 N–H and O–H groups in total. The minimum absolute atomic E-state index is 0.0698. The third-order valence-corrected chi connectivity index (χ3v) is 6.67. The van der Waals surface area contributed by atoms with E-state index in [-0.39, 0.29) is 10.8 Å². The van der Waals surface area contributed by atoms with Gasteiger partial charge >= 0.3 is 0 Å². The van der Waals surface area contributed by atoms with Gasteiger partial charge in [-0.3, -0.25) is 4.79 Å². The van der Waals surface area contributed by atoms with Gasteiger partial charge in [0.15, 0.2) is 0 Å². The normalized spacial score (nSPS) is 15.5.